The van der Waals surface area contributed by atoms with Gasteiger partial charge in [-0.05, 0) is 66.8 Å². The van der Waals surface area contributed by atoms with Gasteiger partial charge in [-0.3, -0.25) is 4.79 Å². The van der Waals surface area contributed by atoms with Gasteiger partial charge in [-0.1, -0.05) is 36.4 Å². The molecule has 0 spiro atoms. The van der Waals surface area contributed by atoms with Crippen molar-refractivity contribution in [1.29, 1.82) is 0 Å². The Morgan fingerprint density at radius 1 is 0.979 bits per heavy atom. The van der Waals surface area contributed by atoms with Crippen LogP contribution in [-0.2, 0) is 20.8 Å². The number of benzene rings is 3. The van der Waals surface area contributed by atoms with Gasteiger partial charge in [-0.25, -0.2) is 14.6 Å². The number of rotatable bonds is 11. The van der Waals surface area contributed by atoms with Gasteiger partial charge in [-0.15, -0.1) is 0 Å². The molecule has 0 fully saturated rings. The highest BCUT2D eigenvalue weighted by molar-refractivity contribution is 5.91. The summed E-state index contributed by atoms with van der Waals surface area (Å²) in [5.74, 6) is -1.54. The maximum atomic E-state index is 13.5. The molecule has 0 aliphatic rings. The van der Waals surface area contributed by atoms with Crippen molar-refractivity contribution in [2.75, 3.05) is 13.7 Å². The Labute approximate surface area is 267 Å². The molecule has 5 rings (SSSR count). The van der Waals surface area contributed by atoms with Gasteiger partial charge in [0.2, 0.25) is 5.91 Å². The van der Waals surface area contributed by atoms with Gasteiger partial charge < -0.3 is 30.2 Å². The van der Waals surface area contributed by atoms with E-state index in [1.807, 2.05) is 61.5 Å². The lowest BCUT2D eigenvalue weighted by atomic mass is 10.0. The van der Waals surface area contributed by atoms with Gasteiger partial charge in [0.25, 0.3) is 0 Å². The van der Waals surface area contributed by atoms with Crippen molar-refractivity contribution in [1.82, 2.24) is 31.1 Å². The molecule has 5 N–H and O–H groups in total. The van der Waals surface area contributed by atoms with E-state index < -0.39 is 24.2 Å². The second-order valence-corrected chi connectivity index (χ2v) is 10.9. The highest BCUT2D eigenvalue weighted by Gasteiger charge is 2.42. The normalized spacial score (nSPS) is 12.1. The number of unbranched alkanes of at least 4 members (excludes halogenated alkanes) is 1. The number of halogens is 3. The number of alkyl halides is 3. The minimum absolute atomic E-state index is 0.0763. The SMILES string of the molecule is COc1ccc2[nH]c(C)c(CC(=O)N[C@@H](CCCCNC(=O)NOC(=O)C(F)(F)F)c3ncc(-c4ccc5ccccc5c4)[nH]3)c2c1. The zero-order valence-corrected chi connectivity index (χ0v) is 25.6. The summed E-state index contributed by atoms with van der Waals surface area (Å²) in [6.07, 6.45) is -2.07. The Morgan fingerprint density at radius 3 is 2.53 bits per heavy atom. The van der Waals surface area contributed by atoms with Gasteiger partial charge in [0.1, 0.15) is 11.6 Å². The average Bonchev–Trinajstić information content (AvgIpc) is 3.66. The van der Waals surface area contributed by atoms with E-state index in [1.54, 1.807) is 13.3 Å². The van der Waals surface area contributed by atoms with Crippen molar-refractivity contribution < 1.29 is 37.1 Å². The smallest absolute Gasteiger partial charge is 0.493 e. The summed E-state index contributed by atoms with van der Waals surface area (Å²) in [6, 6.07) is 18.1. The summed E-state index contributed by atoms with van der Waals surface area (Å²) >= 11 is 0. The average molecular weight is 651 g/mol. The third-order valence-corrected chi connectivity index (χ3v) is 7.66. The van der Waals surface area contributed by atoms with Crippen LogP contribution in [0.15, 0.2) is 66.9 Å². The predicted molar refractivity (Wildman–Crippen MR) is 168 cm³/mol. The Balaban J connectivity index is 1.26. The summed E-state index contributed by atoms with van der Waals surface area (Å²) in [4.78, 5) is 50.9. The molecule has 47 heavy (non-hydrogen) atoms. The number of fused-ring (bicyclic) bond motifs is 2. The van der Waals surface area contributed by atoms with Crippen molar-refractivity contribution in [3.05, 3.63) is 83.9 Å². The van der Waals surface area contributed by atoms with Crippen LogP contribution in [0.4, 0.5) is 18.0 Å². The van der Waals surface area contributed by atoms with E-state index in [1.165, 1.54) is 5.48 Å². The molecule has 3 amide bonds. The number of hydrogen-bond acceptors (Lipinski definition) is 6. The van der Waals surface area contributed by atoms with E-state index in [0.717, 1.165) is 44.2 Å². The molecule has 0 aliphatic carbocycles. The highest BCUT2D eigenvalue weighted by atomic mass is 19.4. The number of hydroxylamine groups is 1. The van der Waals surface area contributed by atoms with Crippen molar-refractivity contribution in [2.45, 2.75) is 44.8 Å². The fraction of sp³-hybridized carbons (Fsp3) is 0.273. The molecule has 2 heterocycles. The van der Waals surface area contributed by atoms with E-state index in [-0.39, 0.29) is 18.9 Å². The number of nitrogens with one attached hydrogen (secondary N) is 5. The number of hydrogen-bond donors (Lipinski definition) is 5. The van der Waals surface area contributed by atoms with Crippen LogP contribution in [0, 0.1) is 6.92 Å². The first-order valence-electron chi connectivity index (χ1n) is 14.8. The van der Waals surface area contributed by atoms with Crippen LogP contribution in [0.2, 0.25) is 0 Å². The van der Waals surface area contributed by atoms with Gasteiger partial charge in [0.05, 0.1) is 31.5 Å². The van der Waals surface area contributed by atoms with E-state index in [2.05, 4.69) is 36.5 Å². The molecule has 14 heteroatoms. The van der Waals surface area contributed by atoms with Crippen LogP contribution in [0.5, 0.6) is 5.75 Å². The first kappa shape index (κ1) is 32.9. The number of aromatic amines is 2. The number of nitrogens with zero attached hydrogens (tertiary/aromatic N) is 1. The van der Waals surface area contributed by atoms with Crippen molar-refractivity contribution >= 4 is 39.6 Å². The molecule has 0 saturated heterocycles. The number of H-pyrrole nitrogens is 2. The molecular weight excluding hydrogens is 617 g/mol. The van der Waals surface area contributed by atoms with Crippen LogP contribution in [0.3, 0.4) is 0 Å². The number of methoxy groups -OCH3 is 1. The summed E-state index contributed by atoms with van der Waals surface area (Å²) in [7, 11) is 1.58. The predicted octanol–water partition coefficient (Wildman–Crippen LogP) is 5.92. The van der Waals surface area contributed by atoms with Gasteiger partial charge in [-0.2, -0.15) is 18.7 Å². The lowest BCUT2D eigenvalue weighted by Gasteiger charge is -2.17. The van der Waals surface area contributed by atoms with E-state index in [4.69, 9.17) is 4.74 Å². The molecule has 0 aliphatic heterocycles. The molecular formula is C33H33F3N6O5. The van der Waals surface area contributed by atoms with Gasteiger partial charge in [0.15, 0.2) is 0 Å². The molecule has 246 valence electrons. The van der Waals surface area contributed by atoms with Gasteiger partial charge in [0, 0.05) is 28.7 Å². The van der Waals surface area contributed by atoms with Crippen molar-refractivity contribution in [2.24, 2.45) is 0 Å². The van der Waals surface area contributed by atoms with Gasteiger partial charge >= 0.3 is 18.2 Å². The lowest BCUT2D eigenvalue weighted by Crippen LogP contribution is -2.40. The molecule has 5 aromatic rings. The first-order valence-corrected chi connectivity index (χ1v) is 14.8. The fourth-order valence-electron chi connectivity index (χ4n) is 5.28. The van der Waals surface area contributed by atoms with Crippen LogP contribution in [-0.4, -0.2) is 52.7 Å². The van der Waals surface area contributed by atoms with E-state index >= 15 is 0 Å². The minimum Gasteiger partial charge on any atom is -0.497 e. The summed E-state index contributed by atoms with van der Waals surface area (Å²) in [6.45, 7) is 1.98. The van der Waals surface area contributed by atoms with Crippen molar-refractivity contribution in [3.8, 4) is 17.0 Å². The highest BCUT2D eigenvalue weighted by Crippen LogP contribution is 2.28. The number of amides is 3. The fourth-order valence-corrected chi connectivity index (χ4v) is 5.28. The Morgan fingerprint density at radius 2 is 1.77 bits per heavy atom. The molecule has 0 unspecified atom stereocenters. The molecule has 2 aromatic heterocycles. The summed E-state index contributed by atoms with van der Waals surface area (Å²) < 4.78 is 42.1. The number of aryl methyl sites for hydroxylation is 1. The Kier molecular flexibility index (Phi) is 9.97. The van der Waals surface area contributed by atoms with Crippen LogP contribution in [0.1, 0.15) is 42.4 Å². The Hall–Kier alpha value is -5.53. The number of imidazole rings is 1. The minimum atomic E-state index is -5.23. The first-order chi connectivity index (χ1) is 22.5. The zero-order valence-electron chi connectivity index (χ0n) is 25.6. The standard InChI is InChI=1S/C33H33F3N6O5/c1-19-24(25-16-23(46-2)12-13-26(25)39-19)17-29(43)40-27(9-5-6-14-37-32(45)42-47-31(44)33(34,35)36)30-38-18-28(41-30)22-11-10-20-7-3-4-8-21(20)15-22/h3-4,7-8,10-13,15-16,18,27,39H,5-6,9,14,17H2,1-2H3,(H,38,41)(H,40,43)(H2,37,42,45)/t27-/m0/s1. The second-order valence-electron chi connectivity index (χ2n) is 10.9. The van der Waals surface area contributed by atoms with E-state index in [9.17, 15) is 27.6 Å². The molecule has 11 nitrogen and oxygen atoms in total. The maximum Gasteiger partial charge on any atom is 0.493 e. The number of carbonyl (C=O) groups is 3. The molecule has 3 aromatic carbocycles. The van der Waals surface area contributed by atoms with Crippen LogP contribution >= 0.6 is 0 Å². The topological polar surface area (TPSA) is 150 Å². The Bertz CT molecular complexity index is 1900. The second kappa shape index (κ2) is 14.3. The summed E-state index contributed by atoms with van der Waals surface area (Å²) in [5, 5.41) is 8.48. The quantitative estimate of drug-likeness (QED) is 0.0885. The molecule has 0 radical (unpaired) electrons. The van der Waals surface area contributed by atoms with E-state index in [0.29, 0.717) is 30.8 Å². The number of aromatic nitrogens is 3. The zero-order chi connectivity index (χ0) is 33.6. The monoisotopic (exact) mass is 650 g/mol. The largest absolute Gasteiger partial charge is 0.497 e. The van der Waals surface area contributed by atoms with Crippen LogP contribution in [0.25, 0.3) is 32.9 Å². The number of carbonyl (C=O) groups excluding carboxylic acids is 3. The summed E-state index contributed by atoms with van der Waals surface area (Å²) in [5.41, 5.74) is 5.71. The molecule has 0 bridgehead atoms. The third kappa shape index (κ3) is 8.20. The molecule has 0 saturated carbocycles. The number of ether oxygens (including phenoxy) is 1. The maximum absolute atomic E-state index is 13.5. The van der Waals surface area contributed by atoms with Crippen LogP contribution < -0.4 is 20.9 Å². The van der Waals surface area contributed by atoms with Crippen molar-refractivity contribution in [3.63, 3.8) is 0 Å². The number of urea groups is 1. The third-order valence-electron chi connectivity index (χ3n) is 7.66. The molecule has 1 atom stereocenters. The lowest BCUT2D eigenvalue weighted by molar-refractivity contribution is -0.204.